The Hall–Kier alpha value is -2.12. The maximum Gasteiger partial charge on any atom is 0.241 e. The van der Waals surface area contributed by atoms with Crippen LogP contribution in [0.3, 0.4) is 0 Å². The summed E-state index contributed by atoms with van der Waals surface area (Å²) in [6, 6.07) is 11.5. The Balaban J connectivity index is 1.71. The van der Waals surface area contributed by atoms with E-state index in [0.29, 0.717) is 5.92 Å². The molecule has 1 unspecified atom stereocenters. The van der Waals surface area contributed by atoms with Gasteiger partial charge in [-0.15, -0.1) is 0 Å². The molecule has 1 atom stereocenters. The number of rotatable bonds is 5. The number of hydrogen-bond acceptors (Lipinski definition) is 5. The largest absolute Gasteiger partial charge is 0.497 e. The summed E-state index contributed by atoms with van der Waals surface area (Å²) in [6.07, 6.45) is 2.45. The molecule has 6 nitrogen and oxygen atoms in total. The van der Waals surface area contributed by atoms with Gasteiger partial charge < -0.3 is 9.64 Å². The minimum absolute atomic E-state index is 0.180. The fourth-order valence-corrected chi connectivity index (χ4v) is 3.63. The predicted octanol–water partition coefficient (Wildman–Crippen LogP) is 1.99. The van der Waals surface area contributed by atoms with Gasteiger partial charge in [0, 0.05) is 25.2 Å². The molecular weight excluding hydrogens is 326 g/mol. The van der Waals surface area contributed by atoms with Gasteiger partial charge in [0.1, 0.15) is 16.5 Å². The van der Waals surface area contributed by atoms with Gasteiger partial charge in [0.25, 0.3) is 0 Å². The van der Waals surface area contributed by atoms with E-state index in [0.717, 1.165) is 31.1 Å². The van der Waals surface area contributed by atoms with Crippen molar-refractivity contribution in [3.05, 3.63) is 48.2 Å². The minimum atomic E-state index is -3.44. The number of anilines is 1. The van der Waals surface area contributed by atoms with E-state index < -0.39 is 10.0 Å². The van der Waals surface area contributed by atoms with Crippen LogP contribution in [0.5, 0.6) is 5.75 Å². The van der Waals surface area contributed by atoms with Crippen LogP contribution < -0.4 is 14.4 Å². The Kier molecular flexibility index (Phi) is 4.73. The average Bonchev–Trinajstić information content (AvgIpc) is 3.12. The van der Waals surface area contributed by atoms with Crippen LogP contribution in [0, 0.1) is 0 Å². The number of pyridine rings is 1. The third kappa shape index (κ3) is 3.37. The molecule has 7 heteroatoms. The Morgan fingerprint density at radius 1 is 1.21 bits per heavy atom. The van der Waals surface area contributed by atoms with E-state index >= 15 is 0 Å². The molecule has 1 aromatic heterocycles. The summed E-state index contributed by atoms with van der Waals surface area (Å²) in [4.78, 5) is 6.68. The second kappa shape index (κ2) is 6.78. The molecule has 1 saturated heterocycles. The lowest BCUT2D eigenvalue weighted by Gasteiger charge is -2.18. The molecule has 0 spiro atoms. The molecule has 2 aromatic rings. The molecule has 0 radical (unpaired) electrons. The summed E-state index contributed by atoms with van der Waals surface area (Å²) in [5.41, 5.74) is 1.28. The van der Waals surface area contributed by atoms with Gasteiger partial charge in [-0.25, -0.2) is 18.1 Å². The highest BCUT2D eigenvalue weighted by Crippen LogP contribution is 2.31. The van der Waals surface area contributed by atoms with Gasteiger partial charge in [-0.3, -0.25) is 0 Å². The van der Waals surface area contributed by atoms with Gasteiger partial charge in [-0.2, -0.15) is 0 Å². The molecule has 24 heavy (non-hydrogen) atoms. The number of ether oxygens (including phenoxy) is 1. The highest BCUT2D eigenvalue weighted by Gasteiger charge is 2.25. The van der Waals surface area contributed by atoms with E-state index in [9.17, 15) is 8.42 Å². The Labute approximate surface area is 142 Å². The van der Waals surface area contributed by atoms with Crippen molar-refractivity contribution >= 4 is 15.8 Å². The maximum atomic E-state index is 11.7. The van der Waals surface area contributed by atoms with Crippen LogP contribution in [0.1, 0.15) is 17.9 Å². The smallest absolute Gasteiger partial charge is 0.241 e. The topological polar surface area (TPSA) is 71.5 Å². The second-order valence-electron chi connectivity index (χ2n) is 5.76. The minimum Gasteiger partial charge on any atom is -0.497 e. The number of nitrogens with one attached hydrogen (secondary N) is 1. The summed E-state index contributed by atoms with van der Waals surface area (Å²) >= 11 is 0. The Morgan fingerprint density at radius 3 is 2.54 bits per heavy atom. The first kappa shape index (κ1) is 16.7. The summed E-state index contributed by atoms with van der Waals surface area (Å²) in [6.45, 7) is 1.78. The average molecular weight is 347 g/mol. The van der Waals surface area contributed by atoms with Crippen molar-refractivity contribution in [3.8, 4) is 5.75 Å². The first-order valence-electron chi connectivity index (χ1n) is 7.82. The lowest BCUT2D eigenvalue weighted by Crippen LogP contribution is -2.22. The number of methoxy groups -OCH3 is 1. The van der Waals surface area contributed by atoms with Crippen LogP contribution in [-0.4, -0.2) is 40.6 Å². The molecule has 128 valence electrons. The van der Waals surface area contributed by atoms with Crippen molar-refractivity contribution in [2.24, 2.45) is 0 Å². The molecule has 1 N–H and O–H groups in total. The van der Waals surface area contributed by atoms with E-state index in [4.69, 9.17) is 4.74 Å². The molecule has 1 aliphatic rings. The van der Waals surface area contributed by atoms with Crippen molar-refractivity contribution in [3.63, 3.8) is 0 Å². The van der Waals surface area contributed by atoms with E-state index in [1.165, 1.54) is 18.8 Å². The second-order valence-corrected chi connectivity index (χ2v) is 7.65. The third-order valence-corrected chi connectivity index (χ3v) is 5.80. The van der Waals surface area contributed by atoms with Gasteiger partial charge in [0.15, 0.2) is 0 Å². The van der Waals surface area contributed by atoms with Crippen molar-refractivity contribution in [1.82, 2.24) is 9.71 Å². The van der Waals surface area contributed by atoms with Crippen molar-refractivity contribution in [2.75, 3.05) is 32.1 Å². The molecule has 0 amide bonds. The lowest BCUT2D eigenvalue weighted by molar-refractivity contribution is 0.414. The normalized spacial score (nSPS) is 17.9. The van der Waals surface area contributed by atoms with Crippen molar-refractivity contribution < 1.29 is 13.2 Å². The molecule has 0 saturated carbocycles. The standard InChI is InChI=1S/C17H21N3O3S/c1-18-24(21,22)16-7-8-17(19-11-16)20-10-9-14(12-20)13-3-5-15(23-2)6-4-13/h3-8,11,14,18H,9-10,12H2,1-2H3. The predicted molar refractivity (Wildman–Crippen MR) is 93.0 cm³/mol. The number of nitrogens with zero attached hydrogens (tertiary/aromatic N) is 2. The molecule has 1 fully saturated rings. The molecule has 3 rings (SSSR count). The highest BCUT2D eigenvalue weighted by atomic mass is 32.2. The lowest BCUT2D eigenvalue weighted by atomic mass is 9.98. The molecule has 1 aliphatic heterocycles. The molecule has 2 heterocycles. The van der Waals surface area contributed by atoms with Crippen LogP contribution in [0.4, 0.5) is 5.82 Å². The summed E-state index contributed by atoms with van der Waals surface area (Å²) in [5.74, 6) is 2.11. The van der Waals surface area contributed by atoms with Gasteiger partial charge in [-0.05, 0) is 43.3 Å². The number of aromatic nitrogens is 1. The maximum absolute atomic E-state index is 11.7. The van der Waals surface area contributed by atoms with Crippen LogP contribution in [0.25, 0.3) is 0 Å². The zero-order valence-electron chi connectivity index (χ0n) is 13.8. The van der Waals surface area contributed by atoms with E-state index in [1.807, 2.05) is 12.1 Å². The molecule has 1 aromatic carbocycles. The van der Waals surface area contributed by atoms with Crippen LogP contribution in [-0.2, 0) is 10.0 Å². The molecule has 0 aliphatic carbocycles. The fourth-order valence-electron chi connectivity index (χ4n) is 2.95. The van der Waals surface area contributed by atoms with Gasteiger partial charge in [0.2, 0.25) is 10.0 Å². The van der Waals surface area contributed by atoms with E-state index in [2.05, 4.69) is 26.7 Å². The van der Waals surface area contributed by atoms with Crippen LogP contribution in [0.2, 0.25) is 0 Å². The highest BCUT2D eigenvalue weighted by molar-refractivity contribution is 7.89. The Morgan fingerprint density at radius 2 is 1.96 bits per heavy atom. The van der Waals surface area contributed by atoms with Gasteiger partial charge in [0.05, 0.1) is 7.11 Å². The van der Waals surface area contributed by atoms with Crippen molar-refractivity contribution in [1.29, 1.82) is 0 Å². The number of sulfonamides is 1. The molecular formula is C17H21N3O3S. The SMILES string of the molecule is CNS(=O)(=O)c1ccc(N2CCC(c3ccc(OC)cc3)C2)nc1. The van der Waals surface area contributed by atoms with Crippen molar-refractivity contribution in [2.45, 2.75) is 17.2 Å². The summed E-state index contributed by atoms with van der Waals surface area (Å²) in [7, 11) is -0.387. The third-order valence-electron chi connectivity index (χ3n) is 4.40. The number of hydrogen-bond donors (Lipinski definition) is 1. The zero-order valence-corrected chi connectivity index (χ0v) is 14.6. The van der Waals surface area contributed by atoms with Gasteiger partial charge >= 0.3 is 0 Å². The summed E-state index contributed by atoms with van der Waals surface area (Å²) in [5, 5.41) is 0. The monoisotopic (exact) mass is 347 g/mol. The quantitative estimate of drug-likeness (QED) is 0.896. The summed E-state index contributed by atoms with van der Waals surface area (Å²) < 4.78 is 31.0. The fraction of sp³-hybridized carbons (Fsp3) is 0.353. The van der Waals surface area contributed by atoms with E-state index in [-0.39, 0.29) is 4.90 Å². The Bertz CT molecular complexity index is 789. The van der Waals surface area contributed by atoms with Crippen LogP contribution in [0.15, 0.2) is 47.5 Å². The van der Waals surface area contributed by atoms with Crippen LogP contribution >= 0.6 is 0 Å². The first-order valence-corrected chi connectivity index (χ1v) is 9.30. The first-order chi connectivity index (χ1) is 11.5. The number of benzene rings is 1. The van der Waals surface area contributed by atoms with Gasteiger partial charge in [-0.1, -0.05) is 12.1 Å². The molecule has 0 bridgehead atoms. The zero-order chi connectivity index (χ0) is 17.2. The van der Waals surface area contributed by atoms with E-state index in [1.54, 1.807) is 19.2 Å².